The van der Waals surface area contributed by atoms with Crippen LogP contribution in [0.2, 0.25) is 0 Å². The van der Waals surface area contributed by atoms with Gasteiger partial charge in [-0.15, -0.1) is 0 Å². The van der Waals surface area contributed by atoms with Crippen molar-refractivity contribution in [2.24, 2.45) is 5.92 Å². The summed E-state index contributed by atoms with van der Waals surface area (Å²) in [7, 11) is -0.916. The van der Waals surface area contributed by atoms with Crippen molar-refractivity contribution < 1.29 is 13.8 Å². The zero-order valence-electron chi connectivity index (χ0n) is 13.9. The molecule has 0 spiro atoms. The molecule has 0 radical (unpaired) electrons. The van der Waals surface area contributed by atoms with Crippen molar-refractivity contribution in [2.75, 3.05) is 12.8 Å². The number of nitrogens with one attached hydrogen (secondary N) is 1. The largest absolute Gasteiger partial charge is 0.340 e. The second kappa shape index (κ2) is 6.90. The fraction of sp³-hybridized carbons (Fsp3) is 0.867. The van der Waals surface area contributed by atoms with Crippen LogP contribution in [0.5, 0.6) is 0 Å². The summed E-state index contributed by atoms with van der Waals surface area (Å²) in [6, 6.07) is -0.436. The van der Waals surface area contributed by atoms with Crippen LogP contribution in [0.3, 0.4) is 0 Å². The molecule has 0 aromatic rings. The molecule has 1 heterocycles. The van der Waals surface area contributed by atoms with E-state index in [1.54, 1.807) is 18.1 Å². The van der Waals surface area contributed by atoms with Crippen LogP contribution in [0.15, 0.2) is 0 Å². The van der Waals surface area contributed by atoms with Crippen molar-refractivity contribution in [3.63, 3.8) is 0 Å². The smallest absolute Gasteiger partial charge is 0.248 e. The van der Waals surface area contributed by atoms with E-state index in [1.165, 1.54) is 0 Å². The van der Waals surface area contributed by atoms with Gasteiger partial charge in [-0.25, -0.2) is 0 Å². The predicted octanol–water partition coefficient (Wildman–Crippen LogP) is 1.30. The van der Waals surface area contributed by atoms with Gasteiger partial charge in [0.2, 0.25) is 11.8 Å². The molecule has 6 heteroatoms. The lowest BCUT2D eigenvalue weighted by molar-refractivity contribution is -0.156. The van der Waals surface area contributed by atoms with Gasteiger partial charge in [-0.3, -0.25) is 13.8 Å². The summed E-state index contributed by atoms with van der Waals surface area (Å²) in [4.78, 5) is 26.8. The average molecular weight is 316 g/mol. The highest BCUT2D eigenvalue weighted by Gasteiger charge is 2.47. The van der Waals surface area contributed by atoms with Crippen LogP contribution in [0.1, 0.15) is 47.5 Å². The second-order valence-electron chi connectivity index (χ2n) is 6.46. The number of hydrogen-bond acceptors (Lipinski definition) is 3. The van der Waals surface area contributed by atoms with Gasteiger partial charge in [0.15, 0.2) is 0 Å². The Bertz CT molecular complexity index is 439. The predicted molar refractivity (Wildman–Crippen MR) is 85.3 cm³/mol. The molecule has 0 saturated carbocycles. The lowest BCUT2D eigenvalue weighted by Crippen LogP contribution is -2.70. The third kappa shape index (κ3) is 3.84. The number of rotatable bonds is 6. The lowest BCUT2D eigenvalue weighted by Gasteiger charge is -2.45. The van der Waals surface area contributed by atoms with Crippen molar-refractivity contribution in [2.45, 2.75) is 64.3 Å². The summed E-state index contributed by atoms with van der Waals surface area (Å²) < 4.78 is 11.5. The minimum atomic E-state index is -0.916. The third-order valence-electron chi connectivity index (χ3n) is 4.42. The van der Waals surface area contributed by atoms with Gasteiger partial charge in [-0.1, -0.05) is 27.7 Å². The minimum Gasteiger partial charge on any atom is -0.340 e. The van der Waals surface area contributed by atoms with Crippen LogP contribution < -0.4 is 5.32 Å². The Hall–Kier alpha value is -0.910. The first-order valence-electron chi connectivity index (χ1n) is 7.59. The minimum absolute atomic E-state index is 0.0171. The molecule has 1 saturated heterocycles. The van der Waals surface area contributed by atoms with Gasteiger partial charge in [0, 0.05) is 28.9 Å². The summed E-state index contributed by atoms with van der Waals surface area (Å²) in [6.45, 7) is 9.95. The van der Waals surface area contributed by atoms with Crippen molar-refractivity contribution in [3.8, 4) is 0 Å². The van der Waals surface area contributed by atoms with Gasteiger partial charge in [0.1, 0.15) is 11.6 Å². The number of carbonyl (C=O) groups excluding carboxylic acids is 2. The summed E-state index contributed by atoms with van der Waals surface area (Å²) in [5.41, 5.74) is -0.822. The van der Waals surface area contributed by atoms with E-state index in [2.05, 4.69) is 5.32 Å². The molecule has 0 aliphatic carbocycles. The number of carbonyl (C=O) groups is 2. The zero-order valence-corrected chi connectivity index (χ0v) is 14.8. The Morgan fingerprint density at radius 2 is 1.90 bits per heavy atom. The molecule has 1 aliphatic heterocycles. The maximum Gasteiger partial charge on any atom is 0.248 e. The van der Waals surface area contributed by atoms with E-state index in [1.807, 2.05) is 27.7 Å². The lowest BCUT2D eigenvalue weighted by atomic mass is 9.88. The van der Waals surface area contributed by atoms with Crippen LogP contribution in [0.4, 0.5) is 0 Å². The molecule has 21 heavy (non-hydrogen) atoms. The van der Waals surface area contributed by atoms with Crippen molar-refractivity contribution in [3.05, 3.63) is 0 Å². The normalized spacial score (nSPS) is 29.5. The molecule has 0 bridgehead atoms. The Labute approximate surface area is 130 Å². The number of hydrogen-bond donors (Lipinski definition) is 1. The quantitative estimate of drug-likeness (QED) is 0.803. The molecule has 1 aliphatic rings. The number of amides is 2. The van der Waals surface area contributed by atoms with Crippen molar-refractivity contribution in [1.29, 1.82) is 0 Å². The van der Waals surface area contributed by atoms with Crippen LogP contribution >= 0.6 is 0 Å². The second-order valence-corrected chi connectivity index (χ2v) is 8.26. The van der Waals surface area contributed by atoms with Crippen LogP contribution in [0.25, 0.3) is 0 Å². The third-order valence-corrected chi connectivity index (χ3v) is 5.79. The van der Waals surface area contributed by atoms with Crippen molar-refractivity contribution >= 4 is 22.6 Å². The molecule has 1 N–H and O–H groups in total. The number of nitrogens with zero attached hydrogens (tertiary/aromatic N) is 1. The van der Waals surface area contributed by atoms with Gasteiger partial charge < -0.3 is 10.2 Å². The molecule has 4 unspecified atom stereocenters. The van der Waals surface area contributed by atoms with E-state index >= 15 is 0 Å². The summed E-state index contributed by atoms with van der Waals surface area (Å²) in [5, 5.41) is 2.89. The molecule has 122 valence electrons. The summed E-state index contributed by atoms with van der Waals surface area (Å²) in [5.74, 6) is -0.0607. The molecule has 2 amide bonds. The van der Waals surface area contributed by atoms with Gasteiger partial charge >= 0.3 is 0 Å². The topological polar surface area (TPSA) is 66.5 Å². The van der Waals surface area contributed by atoms with Gasteiger partial charge in [0.05, 0.1) is 0 Å². The Morgan fingerprint density at radius 1 is 1.33 bits per heavy atom. The molecular weight excluding hydrogens is 288 g/mol. The molecule has 0 aromatic carbocycles. The van der Waals surface area contributed by atoms with Crippen LogP contribution in [0, 0.1) is 5.92 Å². The van der Waals surface area contributed by atoms with E-state index in [-0.39, 0.29) is 23.0 Å². The fourth-order valence-corrected chi connectivity index (χ4v) is 3.05. The van der Waals surface area contributed by atoms with Crippen molar-refractivity contribution in [1.82, 2.24) is 10.2 Å². The van der Waals surface area contributed by atoms with Gasteiger partial charge in [-0.2, -0.15) is 0 Å². The highest BCUT2D eigenvalue weighted by molar-refractivity contribution is 7.84. The first kappa shape index (κ1) is 18.1. The molecule has 1 rings (SSSR count). The first-order chi connectivity index (χ1) is 9.64. The van der Waals surface area contributed by atoms with Gasteiger partial charge in [0.25, 0.3) is 0 Å². The standard InChI is InChI=1S/C15H28N2O3S/c1-7-15(5)14(19)17(9-8-11(4)21(6)20)12(10(2)3)13(18)16-15/h10-12H,7-9H2,1-6H3,(H,16,18). The number of piperazine rings is 1. The van der Waals surface area contributed by atoms with E-state index in [0.717, 1.165) is 0 Å². The molecule has 5 nitrogen and oxygen atoms in total. The van der Waals surface area contributed by atoms with E-state index in [9.17, 15) is 13.8 Å². The monoisotopic (exact) mass is 316 g/mol. The highest BCUT2D eigenvalue weighted by atomic mass is 32.2. The first-order valence-corrected chi connectivity index (χ1v) is 9.21. The fourth-order valence-electron chi connectivity index (χ4n) is 2.61. The van der Waals surface area contributed by atoms with Crippen LogP contribution in [-0.2, 0) is 20.4 Å². The maximum absolute atomic E-state index is 12.8. The summed E-state index contributed by atoms with van der Waals surface area (Å²) >= 11 is 0. The zero-order chi connectivity index (χ0) is 16.4. The SMILES string of the molecule is CCC1(C)NC(=O)C(C(C)C)N(CCC(C)S(C)=O)C1=O. The molecule has 1 fully saturated rings. The van der Waals surface area contributed by atoms with E-state index < -0.39 is 22.4 Å². The Morgan fingerprint density at radius 3 is 2.33 bits per heavy atom. The Kier molecular flexibility index (Phi) is 5.96. The average Bonchev–Trinajstić information content (AvgIpc) is 2.39. The van der Waals surface area contributed by atoms with Crippen LogP contribution in [-0.4, -0.2) is 50.6 Å². The van der Waals surface area contributed by atoms with Gasteiger partial charge in [-0.05, 0) is 25.7 Å². The summed E-state index contributed by atoms with van der Waals surface area (Å²) in [6.07, 6.45) is 2.88. The molecule has 0 aromatic heterocycles. The molecule has 4 atom stereocenters. The maximum atomic E-state index is 12.8. The van der Waals surface area contributed by atoms with E-state index in [0.29, 0.717) is 19.4 Å². The Balaban J connectivity index is 2.98. The molecular formula is C15H28N2O3S. The highest BCUT2D eigenvalue weighted by Crippen LogP contribution is 2.25. The van der Waals surface area contributed by atoms with E-state index in [4.69, 9.17) is 0 Å².